The van der Waals surface area contributed by atoms with Crippen LogP contribution in [0.15, 0.2) is 48.5 Å². The summed E-state index contributed by atoms with van der Waals surface area (Å²) in [6.07, 6.45) is 0. The highest BCUT2D eigenvalue weighted by Crippen LogP contribution is 2.30. The van der Waals surface area contributed by atoms with E-state index in [0.29, 0.717) is 31.7 Å². The lowest BCUT2D eigenvalue weighted by molar-refractivity contribution is 0.0595. The van der Waals surface area contributed by atoms with Crippen LogP contribution in [-0.4, -0.2) is 51.7 Å². The van der Waals surface area contributed by atoms with Crippen molar-refractivity contribution in [3.05, 3.63) is 88.2 Å². The number of hydrogen-bond donors (Lipinski definition) is 0. The Morgan fingerprint density at radius 3 is 1.77 bits per heavy atom. The summed E-state index contributed by atoms with van der Waals surface area (Å²) in [6.45, 7) is 6.22. The van der Waals surface area contributed by atoms with Crippen molar-refractivity contribution < 1.29 is 13.6 Å². The molecule has 162 valence electrons. The fraction of sp³-hybridized carbons (Fsp3) is 0.333. The van der Waals surface area contributed by atoms with E-state index in [1.165, 1.54) is 24.3 Å². The Balaban J connectivity index is 1.55. The number of hydrogen-bond acceptors (Lipinski definition) is 3. The number of rotatable bonds is 4. The van der Waals surface area contributed by atoms with Gasteiger partial charge in [-0.1, -0.05) is 24.3 Å². The van der Waals surface area contributed by atoms with Crippen molar-refractivity contribution in [1.29, 1.82) is 0 Å². The first-order valence-corrected chi connectivity index (χ1v) is 10.4. The van der Waals surface area contributed by atoms with E-state index in [9.17, 15) is 13.6 Å². The summed E-state index contributed by atoms with van der Waals surface area (Å²) in [5.41, 5.74) is 4.14. The smallest absolute Gasteiger partial charge is 0.257 e. The molecule has 5 nitrogen and oxygen atoms in total. The van der Waals surface area contributed by atoms with Gasteiger partial charge in [0, 0.05) is 38.9 Å². The minimum absolute atomic E-state index is 0.00265. The first-order chi connectivity index (χ1) is 14.8. The van der Waals surface area contributed by atoms with Crippen molar-refractivity contribution in [1.82, 2.24) is 19.6 Å². The fourth-order valence-corrected chi connectivity index (χ4v) is 4.33. The molecule has 2 heterocycles. The highest BCUT2D eigenvalue weighted by Gasteiger charge is 2.30. The molecule has 31 heavy (non-hydrogen) atoms. The van der Waals surface area contributed by atoms with Crippen LogP contribution < -0.4 is 0 Å². The summed E-state index contributed by atoms with van der Waals surface area (Å²) >= 11 is 0. The topological polar surface area (TPSA) is 41.4 Å². The van der Waals surface area contributed by atoms with Gasteiger partial charge in [-0.25, -0.2) is 8.78 Å². The first kappa shape index (κ1) is 21.2. The molecule has 4 rings (SSSR count). The van der Waals surface area contributed by atoms with Gasteiger partial charge in [0.05, 0.1) is 17.3 Å². The second-order valence-electron chi connectivity index (χ2n) is 8.00. The molecule has 0 unspecified atom stereocenters. The minimum Gasteiger partial charge on any atom is -0.336 e. The number of aryl methyl sites for hydroxylation is 2. The number of aromatic nitrogens is 2. The molecule has 1 amide bonds. The maximum Gasteiger partial charge on any atom is 0.257 e. The van der Waals surface area contributed by atoms with E-state index in [0.717, 1.165) is 22.5 Å². The molecule has 1 aliphatic rings. The molecule has 0 radical (unpaired) electrons. The third-order valence-electron chi connectivity index (χ3n) is 6.06. The Morgan fingerprint density at radius 1 is 0.871 bits per heavy atom. The van der Waals surface area contributed by atoms with Gasteiger partial charge in [-0.15, -0.1) is 0 Å². The summed E-state index contributed by atoms with van der Waals surface area (Å²) in [4.78, 5) is 17.2. The number of amides is 1. The lowest BCUT2D eigenvalue weighted by Gasteiger charge is -2.39. The third-order valence-corrected chi connectivity index (χ3v) is 6.06. The highest BCUT2D eigenvalue weighted by molar-refractivity contribution is 5.96. The molecule has 1 saturated heterocycles. The number of nitrogens with zero attached hydrogens (tertiary/aromatic N) is 4. The summed E-state index contributed by atoms with van der Waals surface area (Å²) < 4.78 is 28.7. The molecule has 7 heteroatoms. The summed E-state index contributed by atoms with van der Waals surface area (Å²) in [6, 6.07) is 12.7. The van der Waals surface area contributed by atoms with Crippen LogP contribution in [0.1, 0.15) is 38.9 Å². The second kappa shape index (κ2) is 8.59. The van der Waals surface area contributed by atoms with Crippen molar-refractivity contribution in [3.8, 4) is 0 Å². The molecule has 1 aliphatic heterocycles. The standard InChI is InChI=1S/C24H26F2N4O/c1-16-22(17(2)28(3)27-16)24(31)30-14-12-29(13-15-30)23(18-4-8-20(25)9-5-18)19-6-10-21(26)11-7-19/h4-11,23H,12-15H2,1-3H3. The third kappa shape index (κ3) is 4.23. The van der Waals surface area contributed by atoms with Gasteiger partial charge in [-0.3, -0.25) is 14.4 Å². The maximum absolute atomic E-state index is 13.5. The van der Waals surface area contributed by atoms with Crippen LogP contribution in [-0.2, 0) is 7.05 Å². The molecular weight excluding hydrogens is 398 g/mol. The van der Waals surface area contributed by atoms with Gasteiger partial charge in [0.2, 0.25) is 0 Å². The molecule has 2 aromatic carbocycles. The molecular formula is C24H26F2N4O. The number of carbonyl (C=O) groups excluding carboxylic acids is 1. The fourth-order valence-electron chi connectivity index (χ4n) is 4.33. The molecule has 0 atom stereocenters. The summed E-state index contributed by atoms with van der Waals surface area (Å²) in [5.74, 6) is -0.582. The van der Waals surface area contributed by atoms with Crippen LogP contribution in [0.4, 0.5) is 8.78 Å². The van der Waals surface area contributed by atoms with Crippen molar-refractivity contribution in [3.63, 3.8) is 0 Å². The lowest BCUT2D eigenvalue weighted by Crippen LogP contribution is -2.50. The Morgan fingerprint density at radius 2 is 1.35 bits per heavy atom. The largest absolute Gasteiger partial charge is 0.336 e. The monoisotopic (exact) mass is 424 g/mol. The van der Waals surface area contributed by atoms with Crippen molar-refractivity contribution >= 4 is 5.91 Å². The number of carbonyl (C=O) groups is 1. The predicted molar refractivity (Wildman–Crippen MR) is 115 cm³/mol. The Labute approximate surface area is 180 Å². The van der Waals surface area contributed by atoms with Crippen molar-refractivity contribution in [2.75, 3.05) is 26.2 Å². The lowest BCUT2D eigenvalue weighted by atomic mass is 9.96. The van der Waals surface area contributed by atoms with Crippen molar-refractivity contribution in [2.45, 2.75) is 19.9 Å². The highest BCUT2D eigenvalue weighted by atomic mass is 19.1. The van der Waals surface area contributed by atoms with Crippen LogP contribution in [0.5, 0.6) is 0 Å². The molecule has 0 saturated carbocycles. The van der Waals surface area contributed by atoms with Gasteiger partial charge in [0.15, 0.2) is 0 Å². The normalized spacial score (nSPS) is 15.0. The maximum atomic E-state index is 13.5. The van der Waals surface area contributed by atoms with Gasteiger partial charge in [-0.05, 0) is 49.2 Å². The summed E-state index contributed by atoms with van der Waals surface area (Å²) in [5, 5.41) is 4.36. The van der Waals surface area contributed by atoms with Crippen molar-refractivity contribution in [2.24, 2.45) is 7.05 Å². The predicted octanol–water partition coefficient (Wildman–Crippen LogP) is 3.86. The van der Waals surface area contributed by atoms with E-state index < -0.39 is 0 Å². The first-order valence-electron chi connectivity index (χ1n) is 10.4. The Hall–Kier alpha value is -3.06. The van der Waals surface area contributed by atoms with E-state index in [1.54, 1.807) is 28.9 Å². The SMILES string of the molecule is Cc1nn(C)c(C)c1C(=O)N1CCN(C(c2ccc(F)cc2)c2ccc(F)cc2)CC1. The molecule has 0 N–H and O–H groups in total. The number of piperazine rings is 1. The van der Waals surface area contributed by atoms with Gasteiger partial charge in [-0.2, -0.15) is 5.10 Å². The van der Waals surface area contributed by atoms with Crippen LogP contribution in [0, 0.1) is 25.5 Å². The van der Waals surface area contributed by atoms with E-state index in [4.69, 9.17) is 0 Å². The van der Waals surface area contributed by atoms with E-state index >= 15 is 0 Å². The zero-order valence-corrected chi connectivity index (χ0v) is 18.0. The van der Waals surface area contributed by atoms with Crippen LogP contribution >= 0.6 is 0 Å². The van der Waals surface area contributed by atoms with Crippen LogP contribution in [0.3, 0.4) is 0 Å². The molecule has 0 aliphatic carbocycles. The van der Waals surface area contributed by atoms with Gasteiger partial charge in [0.25, 0.3) is 5.91 Å². The van der Waals surface area contributed by atoms with Gasteiger partial charge < -0.3 is 4.90 Å². The zero-order valence-electron chi connectivity index (χ0n) is 18.0. The average Bonchev–Trinajstić information content (AvgIpc) is 3.02. The molecule has 1 fully saturated rings. The number of benzene rings is 2. The summed E-state index contributed by atoms with van der Waals surface area (Å²) in [7, 11) is 1.84. The Bertz CT molecular complexity index is 1020. The Kier molecular flexibility index (Phi) is 5.87. The quantitative estimate of drug-likeness (QED) is 0.639. The molecule has 0 spiro atoms. The number of halogens is 2. The molecule has 0 bridgehead atoms. The average molecular weight is 424 g/mol. The molecule has 3 aromatic rings. The molecule has 1 aromatic heterocycles. The van der Waals surface area contributed by atoms with Crippen LogP contribution in [0.2, 0.25) is 0 Å². The van der Waals surface area contributed by atoms with Gasteiger partial charge >= 0.3 is 0 Å². The van der Waals surface area contributed by atoms with Crippen LogP contribution in [0.25, 0.3) is 0 Å². The second-order valence-corrected chi connectivity index (χ2v) is 8.00. The minimum atomic E-state index is -0.292. The zero-order chi connectivity index (χ0) is 22.1. The van der Waals surface area contributed by atoms with E-state index in [1.807, 2.05) is 25.8 Å². The van der Waals surface area contributed by atoms with E-state index in [2.05, 4.69) is 10.00 Å². The van der Waals surface area contributed by atoms with E-state index in [-0.39, 0.29) is 23.6 Å². The van der Waals surface area contributed by atoms with Gasteiger partial charge in [0.1, 0.15) is 11.6 Å².